The van der Waals surface area contributed by atoms with Crippen molar-refractivity contribution in [2.24, 2.45) is 23.5 Å². The summed E-state index contributed by atoms with van der Waals surface area (Å²) in [4.78, 5) is 12.5. The Morgan fingerprint density at radius 3 is 2.10 bits per heavy atom. The highest BCUT2D eigenvalue weighted by molar-refractivity contribution is 7.80. The van der Waals surface area contributed by atoms with Gasteiger partial charge in [-0.05, 0) is 55.6 Å². The minimum Gasteiger partial charge on any atom is -0.389 e. The molecule has 3 N–H and O–H groups in total. The van der Waals surface area contributed by atoms with E-state index >= 15 is 0 Å². The highest BCUT2D eigenvalue weighted by Crippen LogP contribution is 2.48. The van der Waals surface area contributed by atoms with Crippen LogP contribution < -0.4 is 11.1 Å². The molecule has 3 rings (SSSR count). The summed E-state index contributed by atoms with van der Waals surface area (Å²) in [5, 5.41) is 3.09. The van der Waals surface area contributed by atoms with E-state index in [-0.39, 0.29) is 5.91 Å². The van der Waals surface area contributed by atoms with Crippen molar-refractivity contribution < 1.29 is 4.79 Å². The molecule has 0 radical (unpaired) electrons. The van der Waals surface area contributed by atoms with Crippen LogP contribution in [0.3, 0.4) is 0 Å². The summed E-state index contributed by atoms with van der Waals surface area (Å²) in [6, 6.07) is 7.17. The third-order valence-corrected chi connectivity index (χ3v) is 4.62. The fraction of sp³-hybridized carbons (Fsp3) is 0.500. The van der Waals surface area contributed by atoms with Crippen LogP contribution in [0, 0.1) is 17.8 Å². The number of carbonyl (C=O) groups excluding carboxylic acids is 1. The van der Waals surface area contributed by atoms with Crippen molar-refractivity contribution in [3.63, 3.8) is 0 Å². The second kappa shape index (κ2) is 5.52. The zero-order valence-corrected chi connectivity index (χ0v) is 12.3. The van der Waals surface area contributed by atoms with E-state index in [1.165, 1.54) is 25.7 Å². The molecule has 0 saturated heterocycles. The number of nitrogens with one attached hydrogen (secondary N) is 1. The first-order chi connectivity index (χ1) is 9.65. The van der Waals surface area contributed by atoms with Gasteiger partial charge in [0, 0.05) is 17.7 Å². The lowest BCUT2D eigenvalue weighted by atomic mass is 9.98. The Morgan fingerprint density at radius 2 is 1.65 bits per heavy atom. The fourth-order valence-corrected chi connectivity index (χ4v) is 3.00. The Bertz CT molecular complexity index is 506. The van der Waals surface area contributed by atoms with Gasteiger partial charge >= 0.3 is 0 Å². The number of amides is 1. The summed E-state index contributed by atoms with van der Waals surface area (Å²) < 4.78 is 0. The maximum Gasteiger partial charge on any atom is 0.251 e. The lowest BCUT2D eigenvalue weighted by Gasteiger charge is -2.16. The van der Waals surface area contributed by atoms with E-state index in [0.717, 1.165) is 23.9 Å². The fourth-order valence-electron chi connectivity index (χ4n) is 2.87. The molecule has 1 aromatic rings. The molecule has 106 valence electrons. The van der Waals surface area contributed by atoms with Gasteiger partial charge in [0.15, 0.2) is 0 Å². The van der Waals surface area contributed by atoms with Crippen LogP contribution in [0.2, 0.25) is 0 Å². The third kappa shape index (κ3) is 3.18. The van der Waals surface area contributed by atoms with Gasteiger partial charge in [-0.25, -0.2) is 0 Å². The normalized spacial score (nSPS) is 18.1. The van der Waals surface area contributed by atoms with Gasteiger partial charge in [-0.1, -0.05) is 24.4 Å². The molecule has 2 aliphatic rings. The summed E-state index contributed by atoms with van der Waals surface area (Å²) in [6.45, 7) is 0.825. The van der Waals surface area contributed by atoms with E-state index in [1.54, 1.807) is 24.3 Å². The van der Waals surface area contributed by atoms with E-state index in [4.69, 9.17) is 18.0 Å². The Labute approximate surface area is 124 Å². The molecule has 20 heavy (non-hydrogen) atoms. The Morgan fingerprint density at radius 1 is 1.15 bits per heavy atom. The lowest BCUT2D eigenvalue weighted by Crippen LogP contribution is -2.31. The minimum atomic E-state index is 0.00536. The van der Waals surface area contributed by atoms with Crippen LogP contribution in [0.1, 0.15) is 41.6 Å². The van der Waals surface area contributed by atoms with Crippen LogP contribution in [0.25, 0.3) is 0 Å². The van der Waals surface area contributed by atoms with Gasteiger partial charge in [-0.15, -0.1) is 0 Å². The topological polar surface area (TPSA) is 55.1 Å². The largest absolute Gasteiger partial charge is 0.389 e. The van der Waals surface area contributed by atoms with Crippen LogP contribution >= 0.6 is 12.2 Å². The predicted octanol–water partition coefficient (Wildman–Crippen LogP) is 2.49. The van der Waals surface area contributed by atoms with Crippen LogP contribution in [0.4, 0.5) is 0 Å². The number of benzene rings is 1. The van der Waals surface area contributed by atoms with Gasteiger partial charge in [0.25, 0.3) is 5.91 Å². The van der Waals surface area contributed by atoms with Gasteiger partial charge < -0.3 is 11.1 Å². The van der Waals surface area contributed by atoms with Crippen molar-refractivity contribution in [1.82, 2.24) is 5.32 Å². The molecule has 4 heteroatoms. The van der Waals surface area contributed by atoms with Gasteiger partial charge in [-0.2, -0.15) is 0 Å². The first-order valence-electron chi connectivity index (χ1n) is 7.33. The lowest BCUT2D eigenvalue weighted by molar-refractivity contribution is 0.0943. The Balaban J connectivity index is 1.56. The van der Waals surface area contributed by atoms with Gasteiger partial charge in [0.2, 0.25) is 0 Å². The van der Waals surface area contributed by atoms with E-state index in [2.05, 4.69) is 5.32 Å². The molecule has 0 spiro atoms. The van der Waals surface area contributed by atoms with Crippen molar-refractivity contribution in [3.8, 4) is 0 Å². The summed E-state index contributed by atoms with van der Waals surface area (Å²) >= 11 is 4.90. The number of hydrogen-bond donors (Lipinski definition) is 2. The first kappa shape index (κ1) is 13.6. The molecule has 2 fully saturated rings. The second-order valence-corrected chi connectivity index (χ2v) is 6.43. The van der Waals surface area contributed by atoms with Crippen LogP contribution in [-0.4, -0.2) is 17.4 Å². The maximum atomic E-state index is 12.1. The number of carbonyl (C=O) groups is 1. The maximum absolute atomic E-state index is 12.1. The van der Waals surface area contributed by atoms with Crippen molar-refractivity contribution >= 4 is 23.1 Å². The summed E-state index contributed by atoms with van der Waals surface area (Å²) in [7, 11) is 0. The van der Waals surface area contributed by atoms with E-state index < -0.39 is 0 Å². The monoisotopic (exact) mass is 288 g/mol. The molecular formula is C16H20N2OS. The van der Waals surface area contributed by atoms with Gasteiger partial charge in [0.05, 0.1) is 0 Å². The van der Waals surface area contributed by atoms with Crippen molar-refractivity contribution in [2.75, 3.05) is 6.54 Å². The Hall–Kier alpha value is -1.42. The molecule has 0 heterocycles. The zero-order chi connectivity index (χ0) is 14.1. The molecule has 3 nitrogen and oxygen atoms in total. The molecule has 2 aliphatic carbocycles. The number of rotatable bonds is 6. The van der Waals surface area contributed by atoms with E-state index in [9.17, 15) is 4.79 Å². The molecule has 1 amide bonds. The highest BCUT2D eigenvalue weighted by atomic mass is 32.1. The number of thiocarbonyl (C=S) groups is 1. The molecule has 0 aliphatic heterocycles. The van der Waals surface area contributed by atoms with Crippen LogP contribution in [0.5, 0.6) is 0 Å². The van der Waals surface area contributed by atoms with Gasteiger partial charge in [0.1, 0.15) is 4.99 Å². The van der Waals surface area contributed by atoms with Crippen molar-refractivity contribution in [1.29, 1.82) is 0 Å². The SMILES string of the molecule is NC(=S)c1ccc(C(=O)NCC(C2CC2)C2CC2)cc1. The average molecular weight is 288 g/mol. The predicted molar refractivity (Wildman–Crippen MR) is 83.6 cm³/mol. The highest BCUT2D eigenvalue weighted by Gasteiger charge is 2.41. The van der Waals surface area contributed by atoms with E-state index in [1.807, 2.05) is 0 Å². The van der Waals surface area contributed by atoms with Crippen LogP contribution in [-0.2, 0) is 0 Å². The standard InChI is InChI=1S/C16H20N2OS/c17-15(20)12-5-7-13(8-6-12)16(19)18-9-14(10-1-2-10)11-3-4-11/h5-8,10-11,14H,1-4,9H2,(H2,17,20)(H,18,19). The third-order valence-electron chi connectivity index (χ3n) is 4.38. The first-order valence-corrected chi connectivity index (χ1v) is 7.74. The number of hydrogen-bond acceptors (Lipinski definition) is 2. The van der Waals surface area contributed by atoms with Crippen molar-refractivity contribution in [3.05, 3.63) is 35.4 Å². The smallest absolute Gasteiger partial charge is 0.251 e. The molecule has 0 atom stereocenters. The molecule has 2 saturated carbocycles. The van der Waals surface area contributed by atoms with Gasteiger partial charge in [-0.3, -0.25) is 4.79 Å². The summed E-state index contributed by atoms with van der Waals surface area (Å²) in [5.74, 6) is 2.43. The quantitative estimate of drug-likeness (QED) is 0.791. The van der Waals surface area contributed by atoms with Crippen molar-refractivity contribution in [2.45, 2.75) is 25.7 Å². The zero-order valence-electron chi connectivity index (χ0n) is 11.5. The summed E-state index contributed by atoms with van der Waals surface area (Å²) in [5.41, 5.74) is 7.02. The molecule has 0 aromatic heterocycles. The Kier molecular flexibility index (Phi) is 3.74. The number of nitrogens with two attached hydrogens (primary N) is 1. The molecular weight excluding hydrogens is 268 g/mol. The van der Waals surface area contributed by atoms with E-state index in [0.29, 0.717) is 16.5 Å². The summed E-state index contributed by atoms with van der Waals surface area (Å²) in [6.07, 6.45) is 5.39. The second-order valence-electron chi connectivity index (χ2n) is 5.99. The molecule has 0 unspecified atom stereocenters. The minimum absolute atomic E-state index is 0.00536. The molecule has 1 aromatic carbocycles. The van der Waals surface area contributed by atoms with Crippen LogP contribution in [0.15, 0.2) is 24.3 Å². The average Bonchev–Trinajstić information content (AvgIpc) is 3.32. The molecule has 0 bridgehead atoms.